The molecule has 0 aromatic rings. The van der Waals surface area contributed by atoms with Crippen molar-refractivity contribution in [1.82, 2.24) is 5.32 Å². The first kappa shape index (κ1) is 12.9. The van der Waals surface area contributed by atoms with Gasteiger partial charge in [-0.05, 0) is 44.1 Å². The van der Waals surface area contributed by atoms with E-state index in [1.54, 1.807) is 0 Å². The molecule has 4 unspecified atom stereocenters. The van der Waals surface area contributed by atoms with Crippen molar-refractivity contribution in [3.05, 3.63) is 0 Å². The number of rotatable bonds is 3. The molecule has 18 heavy (non-hydrogen) atoms. The molecule has 3 rings (SSSR count). The van der Waals surface area contributed by atoms with E-state index in [-0.39, 0.29) is 5.60 Å². The van der Waals surface area contributed by atoms with Gasteiger partial charge in [-0.2, -0.15) is 0 Å². The van der Waals surface area contributed by atoms with Crippen molar-refractivity contribution in [3.8, 4) is 0 Å². The van der Waals surface area contributed by atoms with Gasteiger partial charge in [0, 0.05) is 25.7 Å². The predicted molar refractivity (Wildman–Crippen MR) is 71.6 cm³/mol. The molecule has 2 saturated heterocycles. The van der Waals surface area contributed by atoms with Gasteiger partial charge < -0.3 is 14.8 Å². The molecule has 2 heterocycles. The fraction of sp³-hybridized carbons (Fsp3) is 1.00. The van der Waals surface area contributed by atoms with Gasteiger partial charge in [0.15, 0.2) is 0 Å². The molecule has 3 fully saturated rings. The van der Waals surface area contributed by atoms with Gasteiger partial charge in [-0.15, -0.1) is 0 Å². The zero-order valence-corrected chi connectivity index (χ0v) is 11.6. The SMILES string of the molecule is CCNC1CCCC1C1CCOC2(CCOC2)C1. The van der Waals surface area contributed by atoms with Crippen LogP contribution in [-0.4, -0.2) is 38.0 Å². The monoisotopic (exact) mass is 253 g/mol. The highest BCUT2D eigenvalue weighted by molar-refractivity contribution is 4.96. The van der Waals surface area contributed by atoms with Crippen molar-refractivity contribution < 1.29 is 9.47 Å². The average Bonchev–Trinajstić information content (AvgIpc) is 3.00. The van der Waals surface area contributed by atoms with Crippen LogP contribution in [0.15, 0.2) is 0 Å². The Labute approximate surface area is 111 Å². The molecule has 1 N–H and O–H groups in total. The highest BCUT2D eigenvalue weighted by atomic mass is 16.6. The van der Waals surface area contributed by atoms with E-state index in [9.17, 15) is 0 Å². The van der Waals surface area contributed by atoms with Crippen LogP contribution in [0.1, 0.15) is 45.4 Å². The van der Waals surface area contributed by atoms with E-state index < -0.39 is 0 Å². The van der Waals surface area contributed by atoms with Gasteiger partial charge in [0.2, 0.25) is 0 Å². The predicted octanol–water partition coefficient (Wildman–Crippen LogP) is 2.35. The summed E-state index contributed by atoms with van der Waals surface area (Å²) < 4.78 is 11.6. The lowest BCUT2D eigenvalue weighted by Gasteiger charge is -2.41. The van der Waals surface area contributed by atoms with Gasteiger partial charge >= 0.3 is 0 Å². The smallest absolute Gasteiger partial charge is 0.0939 e. The zero-order chi connectivity index (χ0) is 12.4. The summed E-state index contributed by atoms with van der Waals surface area (Å²) in [4.78, 5) is 0. The summed E-state index contributed by atoms with van der Waals surface area (Å²) in [5.41, 5.74) is 0.0856. The third-order valence-electron chi connectivity index (χ3n) is 5.24. The van der Waals surface area contributed by atoms with E-state index in [1.165, 1.54) is 32.1 Å². The first-order valence-electron chi connectivity index (χ1n) is 7.78. The number of ether oxygens (including phenoxy) is 2. The van der Waals surface area contributed by atoms with Gasteiger partial charge in [0.05, 0.1) is 12.2 Å². The second kappa shape index (κ2) is 5.48. The molecule has 1 spiro atoms. The van der Waals surface area contributed by atoms with Crippen molar-refractivity contribution in [2.45, 2.75) is 57.1 Å². The van der Waals surface area contributed by atoms with Crippen LogP contribution < -0.4 is 5.32 Å². The highest BCUT2D eigenvalue weighted by Gasteiger charge is 2.45. The van der Waals surface area contributed by atoms with E-state index in [1.807, 2.05) is 0 Å². The van der Waals surface area contributed by atoms with E-state index in [4.69, 9.17) is 9.47 Å². The quantitative estimate of drug-likeness (QED) is 0.837. The van der Waals surface area contributed by atoms with E-state index >= 15 is 0 Å². The molecule has 3 heteroatoms. The van der Waals surface area contributed by atoms with Gasteiger partial charge in [-0.1, -0.05) is 13.3 Å². The lowest BCUT2D eigenvalue weighted by molar-refractivity contribution is -0.107. The normalized spacial score (nSPS) is 44.8. The molecule has 0 aromatic carbocycles. The molecule has 0 radical (unpaired) electrons. The Morgan fingerprint density at radius 1 is 1.22 bits per heavy atom. The second-order valence-electron chi connectivity index (χ2n) is 6.35. The average molecular weight is 253 g/mol. The molecule has 104 valence electrons. The topological polar surface area (TPSA) is 30.5 Å². The molecule has 0 amide bonds. The van der Waals surface area contributed by atoms with Crippen LogP contribution in [0.25, 0.3) is 0 Å². The van der Waals surface area contributed by atoms with E-state index in [0.717, 1.165) is 50.7 Å². The molecular formula is C15H27NO2. The van der Waals surface area contributed by atoms with E-state index in [0.29, 0.717) is 0 Å². The molecule has 3 aliphatic rings. The highest BCUT2D eigenvalue weighted by Crippen LogP contribution is 2.43. The molecule has 1 saturated carbocycles. The molecule has 0 aromatic heterocycles. The van der Waals surface area contributed by atoms with Gasteiger partial charge in [-0.3, -0.25) is 0 Å². The lowest BCUT2D eigenvalue weighted by atomic mass is 9.76. The van der Waals surface area contributed by atoms with Crippen molar-refractivity contribution in [1.29, 1.82) is 0 Å². The Morgan fingerprint density at radius 3 is 2.94 bits per heavy atom. The minimum Gasteiger partial charge on any atom is -0.378 e. The molecule has 2 aliphatic heterocycles. The number of hydrogen-bond acceptors (Lipinski definition) is 3. The third kappa shape index (κ3) is 2.45. The maximum absolute atomic E-state index is 6.07. The van der Waals surface area contributed by atoms with Crippen LogP contribution in [0, 0.1) is 11.8 Å². The summed E-state index contributed by atoms with van der Waals surface area (Å²) in [6, 6.07) is 0.762. The zero-order valence-electron chi connectivity index (χ0n) is 11.6. The van der Waals surface area contributed by atoms with Gasteiger partial charge in [-0.25, -0.2) is 0 Å². The summed E-state index contributed by atoms with van der Waals surface area (Å²) in [6.07, 6.45) is 7.80. The maximum atomic E-state index is 6.07. The van der Waals surface area contributed by atoms with Crippen LogP contribution in [0.2, 0.25) is 0 Å². The second-order valence-corrected chi connectivity index (χ2v) is 6.35. The van der Waals surface area contributed by atoms with Crippen LogP contribution in [0.3, 0.4) is 0 Å². The standard InChI is InChI=1S/C15H27NO2/c1-2-16-14-5-3-4-13(14)12-6-8-18-15(10-12)7-9-17-11-15/h12-14,16H,2-11H2,1H3. The van der Waals surface area contributed by atoms with Crippen LogP contribution in [0.4, 0.5) is 0 Å². The van der Waals surface area contributed by atoms with Crippen molar-refractivity contribution in [2.24, 2.45) is 11.8 Å². The minimum atomic E-state index is 0.0856. The van der Waals surface area contributed by atoms with Crippen molar-refractivity contribution in [2.75, 3.05) is 26.4 Å². The first-order valence-corrected chi connectivity index (χ1v) is 7.78. The van der Waals surface area contributed by atoms with Crippen LogP contribution >= 0.6 is 0 Å². The molecule has 0 bridgehead atoms. The van der Waals surface area contributed by atoms with Gasteiger partial charge in [0.25, 0.3) is 0 Å². The Hall–Kier alpha value is -0.120. The Balaban J connectivity index is 1.64. The number of hydrogen-bond donors (Lipinski definition) is 1. The molecule has 3 nitrogen and oxygen atoms in total. The molecule has 1 aliphatic carbocycles. The minimum absolute atomic E-state index is 0.0856. The Morgan fingerprint density at radius 2 is 2.17 bits per heavy atom. The van der Waals surface area contributed by atoms with E-state index in [2.05, 4.69) is 12.2 Å². The Bertz CT molecular complexity index is 276. The summed E-state index contributed by atoms with van der Waals surface area (Å²) >= 11 is 0. The summed E-state index contributed by atoms with van der Waals surface area (Å²) in [7, 11) is 0. The van der Waals surface area contributed by atoms with Crippen LogP contribution in [-0.2, 0) is 9.47 Å². The summed E-state index contributed by atoms with van der Waals surface area (Å²) in [6.45, 7) is 6.02. The molecule has 4 atom stereocenters. The van der Waals surface area contributed by atoms with Crippen LogP contribution in [0.5, 0.6) is 0 Å². The lowest BCUT2D eigenvalue weighted by Crippen LogP contribution is -2.45. The summed E-state index contributed by atoms with van der Waals surface area (Å²) in [5.74, 6) is 1.73. The fourth-order valence-corrected chi connectivity index (χ4v) is 4.36. The first-order chi connectivity index (χ1) is 8.83. The van der Waals surface area contributed by atoms with Gasteiger partial charge in [0.1, 0.15) is 0 Å². The van der Waals surface area contributed by atoms with Crippen molar-refractivity contribution in [3.63, 3.8) is 0 Å². The summed E-state index contributed by atoms with van der Waals surface area (Å²) in [5, 5.41) is 3.70. The third-order valence-corrected chi connectivity index (χ3v) is 5.24. The largest absolute Gasteiger partial charge is 0.378 e. The fourth-order valence-electron chi connectivity index (χ4n) is 4.36. The molecular weight excluding hydrogens is 226 g/mol. The number of nitrogens with one attached hydrogen (secondary N) is 1. The van der Waals surface area contributed by atoms with Crippen molar-refractivity contribution >= 4 is 0 Å². The Kier molecular flexibility index (Phi) is 3.92. The maximum Gasteiger partial charge on any atom is 0.0939 e.